The third kappa shape index (κ3) is 2.84. The van der Waals surface area contributed by atoms with Gasteiger partial charge in [-0.15, -0.1) is 24.8 Å². The molecule has 2 aromatic rings. The number of hydrogen-bond donors (Lipinski definition) is 1. The molecular weight excluding hydrogens is 237 g/mol. The highest BCUT2D eigenvalue weighted by Gasteiger charge is 1.98. The van der Waals surface area contributed by atoms with Gasteiger partial charge >= 0.3 is 0 Å². The zero-order valence-electron chi connectivity index (χ0n) is 8.01. The topological polar surface area (TPSA) is 50.3 Å². The van der Waals surface area contributed by atoms with Gasteiger partial charge in [0.1, 0.15) is 7.11 Å². The van der Waals surface area contributed by atoms with Crippen LogP contribution in [0.3, 0.4) is 0 Å². The number of halogens is 2. The largest absolute Gasteiger partial charge is 0.399 e. The lowest BCUT2D eigenvalue weighted by Crippen LogP contribution is -1.82. The van der Waals surface area contributed by atoms with Crippen molar-refractivity contribution < 1.29 is 4.84 Å². The summed E-state index contributed by atoms with van der Waals surface area (Å²) in [5.74, 6) is 0. The molecule has 2 rings (SSSR count). The smallest absolute Gasteiger partial charge is 0.106 e. The van der Waals surface area contributed by atoms with Gasteiger partial charge in [-0.3, -0.25) is 5.10 Å². The molecule has 82 valence electrons. The Hall–Kier alpha value is -1.26. The Kier molecular flexibility index (Phi) is 5.74. The van der Waals surface area contributed by atoms with Crippen LogP contribution >= 0.6 is 24.8 Å². The zero-order valence-corrected chi connectivity index (χ0v) is 9.64. The Bertz CT molecular complexity index is 442. The summed E-state index contributed by atoms with van der Waals surface area (Å²) in [5, 5.41) is 11.6. The van der Waals surface area contributed by atoms with E-state index in [9.17, 15) is 0 Å². The van der Waals surface area contributed by atoms with Crippen LogP contribution in [0.2, 0.25) is 0 Å². The number of benzene rings is 1. The van der Waals surface area contributed by atoms with Crippen LogP contribution in [0.1, 0.15) is 5.56 Å². The van der Waals surface area contributed by atoms with Crippen molar-refractivity contribution in [2.75, 3.05) is 7.11 Å². The molecule has 6 heteroatoms. The molecule has 0 spiro atoms. The minimum atomic E-state index is 0. The van der Waals surface area contributed by atoms with Gasteiger partial charge in [-0.2, -0.15) is 5.10 Å². The molecule has 0 aliphatic carbocycles. The van der Waals surface area contributed by atoms with E-state index >= 15 is 0 Å². The maximum Gasteiger partial charge on any atom is 0.106 e. The van der Waals surface area contributed by atoms with Crippen molar-refractivity contribution >= 4 is 41.9 Å². The molecule has 0 aliphatic rings. The molecule has 0 fully saturated rings. The molecule has 0 bridgehead atoms. The van der Waals surface area contributed by atoms with Crippen molar-refractivity contribution in [1.82, 2.24) is 10.2 Å². The summed E-state index contributed by atoms with van der Waals surface area (Å²) >= 11 is 0. The Labute approximate surface area is 99.5 Å². The maximum absolute atomic E-state index is 4.61. The van der Waals surface area contributed by atoms with E-state index in [-0.39, 0.29) is 24.8 Å². The maximum atomic E-state index is 4.61. The molecule has 0 saturated carbocycles. The van der Waals surface area contributed by atoms with E-state index in [1.807, 2.05) is 18.2 Å². The summed E-state index contributed by atoms with van der Waals surface area (Å²) in [6, 6.07) is 5.87. The van der Waals surface area contributed by atoms with Crippen LogP contribution < -0.4 is 0 Å². The summed E-state index contributed by atoms with van der Waals surface area (Å²) in [4.78, 5) is 4.61. The van der Waals surface area contributed by atoms with E-state index in [1.165, 1.54) is 7.11 Å². The third-order valence-corrected chi connectivity index (χ3v) is 1.82. The normalized spacial score (nSPS) is 9.67. The standard InChI is InChI=1S/C9H9N3O.2ClH/c1-13-11-5-7-3-2-4-9-8(7)6-10-12-9;;/h2-6H,1H3,(H,10,12);2*1H/b11-5+;;. The lowest BCUT2D eigenvalue weighted by Gasteiger charge is -1.93. The van der Waals surface area contributed by atoms with Crippen molar-refractivity contribution in [3.63, 3.8) is 0 Å². The van der Waals surface area contributed by atoms with Crippen LogP contribution in [-0.2, 0) is 4.84 Å². The van der Waals surface area contributed by atoms with Gasteiger partial charge in [0.05, 0.1) is 17.9 Å². The van der Waals surface area contributed by atoms with E-state index in [0.29, 0.717) is 0 Å². The average Bonchev–Trinajstić information content (AvgIpc) is 2.62. The zero-order chi connectivity index (χ0) is 9.10. The molecule has 0 saturated heterocycles. The first-order valence-electron chi connectivity index (χ1n) is 3.90. The quantitative estimate of drug-likeness (QED) is 0.655. The van der Waals surface area contributed by atoms with Crippen molar-refractivity contribution in [2.24, 2.45) is 5.16 Å². The Morgan fingerprint density at radius 1 is 1.40 bits per heavy atom. The second-order valence-electron chi connectivity index (χ2n) is 2.60. The van der Waals surface area contributed by atoms with E-state index in [1.54, 1.807) is 12.4 Å². The minimum absolute atomic E-state index is 0. The molecule has 0 unspecified atom stereocenters. The van der Waals surface area contributed by atoms with Gasteiger partial charge in [0.2, 0.25) is 0 Å². The highest BCUT2D eigenvalue weighted by molar-refractivity contribution is 5.97. The van der Waals surface area contributed by atoms with Crippen LogP contribution in [0.15, 0.2) is 29.6 Å². The SMILES string of the molecule is CO/N=C/c1cccc2[nH]ncc12.Cl.Cl. The molecule has 0 aliphatic heterocycles. The Morgan fingerprint density at radius 3 is 2.93 bits per heavy atom. The van der Waals surface area contributed by atoms with Crippen LogP contribution in [0.4, 0.5) is 0 Å². The number of nitrogens with zero attached hydrogens (tertiary/aromatic N) is 2. The number of fused-ring (bicyclic) bond motifs is 1. The van der Waals surface area contributed by atoms with Gasteiger partial charge in [-0.1, -0.05) is 17.3 Å². The number of aromatic nitrogens is 2. The molecule has 0 amide bonds. The minimum Gasteiger partial charge on any atom is -0.399 e. The van der Waals surface area contributed by atoms with Gasteiger partial charge in [-0.25, -0.2) is 0 Å². The fourth-order valence-corrected chi connectivity index (χ4v) is 1.21. The van der Waals surface area contributed by atoms with Gasteiger partial charge in [0.15, 0.2) is 0 Å². The predicted octanol–water partition coefficient (Wildman–Crippen LogP) is 2.39. The fraction of sp³-hybridized carbons (Fsp3) is 0.111. The summed E-state index contributed by atoms with van der Waals surface area (Å²) in [6.07, 6.45) is 3.43. The lowest BCUT2D eigenvalue weighted by atomic mass is 10.1. The number of aromatic amines is 1. The van der Waals surface area contributed by atoms with Crippen LogP contribution in [0.25, 0.3) is 10.9 Å². The molecule has 1 heterocycles. The molecule has 1 aromatic carbocycles. The lowest BCUT2D eigenvalue weighted by molar-refractivity contribution is 0.215. The van der Waals surface area contributed by atoms with Crippen molar-refractivity contribution in [3.8, 4) is 0 Å². The van der Waals surface area contributed by atoms with Gasteiger partial charge in [0.25, 0.3) is 0 Å². The molecule has 0 radical (unpaired) electrons. The molecule has 1 aromatic heterocycles. The number of nitrogens with one attached hydrogen (secondary N) is 1. The summed E-state index contributed by atoms with van der Waals surface area (Å²) < 4.78 is 0. The second kappa shape index (κ2) is 6.27. The molecule has 15 heavy (non-hydrogen) atoms. The van der Waals surface area contributed by atoms with Gasteiger partial charge in [0, 0.05) is 10.9 Å². The summed E-state index contributed by atoms with van der Waals surface area (Å²) in [7, 11) is 1.52. The molecule has 0 atom stereocenters. The van der Waals surface area contributed by atoms with Crippen LogP contribution in [-0.4, -0.2) is 23.5 Å². The Morgan fingerprint density at radius 2 is 2.20 bits per heavy atom. The third-order valence-electron chi connectivity index (χ3n) is 1.82. The molecule has 4 nitrogen and oxygen atoms in total. The first kappa shape index (κ1) is 13.7. The number of hydrogen-bond acceptors (Lipinski definition) is 3. The van der Waals surface area contributed by atoms with Crippen molar-refractivity contribution in [3.05, 3.63) is 30.0 Å². The number of rotatable bonds is 2. The predicted molar refractivity (Wildman–Crippen MR) is 65.2 cm³/mol. The number of oxime groups is 1. The van der Waals surface area contributed by atoms with E-state index in [2.05, 4.69) is 20.2 Å². The summed E-state index contributed by atoms with van der Waals surface area (Å²) in [5.41, 5.74) is 1.99. The van der Waals surface area contributed by atoms with Crippen molar-refractivity contribution in [1.29, 1.82) is 0 Å². The van der Waals surface area contributed by atoms with E-state index in [4.69, 9.17) is 0 Å². The van der Waals surface area contributed by atoms with Crippen LogP contribution in [0, 0.1) is 0 Å². The summed E-state index contributed by atoms with van der Waals surface area (Å²) in [6.45, 7) is 0. The number of H-pyrrole nitrogens is 1. The van der Waals surface area contributed by atoms with E-state index < -0.39 is 0 Å². The first-order valence-corrected chi connectivity index (χ1v) is 3.90. The molecule has 1 N–H and O–H groups in total. The fourth-order valence-electron chi connectivity index (χ4n) is 1.21. The van der Waals surface area contributed by atoms with Gasteiger partial charge < -0.3 is 4.84 Å². The highest BCUT2D eigenvalue weighted by atomic mass is 35.5. The monoisotopic (exact) mass is 247 g/mol. The molecular formula is C9H11Cl2N3O. The second-order valence-corrected chi connectivity index (χ2v) is 2.60. The highest BCUT2D eigenvalue weighted by Crippen LogP contribution is 2.13. The Balaban J connectivity index is 0.000000980. The first-order chi connectivity index (χ1) is 6.42. The van der Waals surface area contributed by atoms with E-state index in [0.717, 1.165) is 16.5 Å². The average molecular weight is 248 g/mol. The van der Waals surface area contributed by atoms with Crippen molar-refractivity contribution in [2.45, 2.75) is 0 Å². The van der Waals surface area contributed by atoms with Gasteiger partial charge in [-0.05, 0) is 6.07 Å². The van der Waals surface area contributed by atoms with Crippen LogP contribution in [0.5, 0.6) is 0 Å².